The first kappa shape index (κ1) is 13.9. The molecular weight excluding hydrogens is 219 g/mol. The van der Waals surface area contributed by atoms with Crippen molar-refractivity contribution in [3.8, 4) is 0 Å². The average Bonchev–Trinajstić information content (AvgIpc) is 2.17. The van der Waals surface area contributed by atoms with Gasteiger partial charge in [-0.25, -0.2) is 4.39 Å². The molecule has 3 N–H and O–H groups in total. The van der Waals surface area contributed by atoms with Gasteiger partial charge in [-0.1, -0.05) is 12.1 Å². The van der Waals surface area contributed by atoms with E-state index in [0.29, 0.717) is 5.69 Å². The van der Waals surface area contributed by atoms with Gasteiger partial charge in [0.15, 0.2) is 0 Å². The summed E-state index contributed by atoms with van der Waals surface area (Å²) < 4.78 is 12.2. The van der Waals surface area contributed by atoms with Crippen LogP contribution in [0.2, 0.25) is 0 Å². The molecule has 84 valence electrons. The van der Waals surface area contributed by atoms with Gasteiger partial charge in [-0.3, -0.25) is 4.79 Å². The number of hydrogen-bond donors (Lipinski definition) is 2. The molecule has 1 aromatic carbocycles. The fraction of sp³-hybridized carbons (Fsp3) is 0.300. The van der Waals surface area contributed by atoms with Crippen LogP contribution in [0.4, 0.5) is 10.1 Å². The predicted octanol–water partition coefficient (Wildman–Crippen LogP) is 2.04. The van der Waals surface area contributed by atoms with E-state index in [1.54, 1.807) is 24.3 Å². The molecule has 0 aliphatic carbocycles. The number of anilines is 1. The molecule has 0 fully saturated rings. The molecule has 0 aliphatic heterocycles. The first-order valence-electron chi connectivity index (χ1n) is 4.32. The van der Waals surface area contributed by atoms with Crippen LogP contribution in [-0.4, -0.2) is 12.6 Å². The van der Waals surface area contributed by atoms with Crippen LogP contribution in [0.15, 0.2) is 24.3 Å². The number of hydrogen-bond acceptors (Lipinski definition) is 2. The number of amides is 1. The van der Waals surface area contributed by atoms with E-state index in [1.807, 2.05) is 0 Å². The van der Waals surface area contributed by atoms with Crippen LogP contribution in [0.1, 0.15) is 18.5 Å². The summed E-state index contributed by atoms with van der Waals surface area (Å²) in [6.45, 7) is 0.848. The van der Waals surface area contributed by atoms with Crippen molar-refractivity contribution in [1.82, 2.24) is 0 Å². The number of alkyl halides is 1. The lowest BCUT2D eigenvalue weighted by Gasteiger charge is -2.08. The number of nitrogens with one attached hydrogen (secondary N) is 1. The number of halogens is 2. The van der Waals surface area contributed by atoms with E-state index in [0.717, 1.165) is 5.56 Å². The largest absolute Gasteiger partial charge is 0.326 e. The summed E-state index contributed by atoms with van der Waals surface area (Å²) in [5.41, 5.74) is 6.89. The van der Waals surface area contributed by atoms with Gasteiger partial charge in [-0.15, -0.1) is 12.4 Å². The van der Waals surface area contributed by atoms with Gasteiger partial charge in [0, 0.05) is 12.6 Å². The van der Waals surface area contributed by atoms with Gasteiger partial charge in [0.2, 0.25) is 5.91 Å². The maximum absolute atomic E-state index is 12.2. The molecule has 3 nitrogen and oxygen atoms in total. The highest BCUT2D eigenvalue weighted by atomic mass is 35.5. The summed E-state index contributed by atoms with van der Waals surface area (Å²) in [6, 6.07) is 6.23. The molecule has 0 heterocycles. The molecule has 0 aromatic heterocycles. The van der Waals surface area contributed by atoms with Crippen LogP contribution in [0, 0.1) is 0 Å². The van der Waals surface area contributed by atoms with Crippen molar-refractivity contribution in [2.24, 2.45) is 5.73 Å². The second-order valence-electron chi connectivity index (χ2n) is 3.06. The molecule has 0 spiro atoms. The van der Waals surface area contributed by atoms with Crippen LogP contribution in [0.5, 0.6) is 0 Å². The third-order valence-electron chi connectivity index (χ3n) is 1.83. The van der Waals surface area contributed by atoms with Crippen molar-refractivity contribution >= 4 is 24.0 Å². The lowest BCUT2D eigenvalue weighted by atomic mass is 10.1. The zero-order valence-corrected chi connectivity index (χ0v) is 9.18. The Labute approximate surface area is 94.3 Å². The summed E-state index contributed by atoms with van der Waals surface area (Å²) >= 11 is 0. The molecule has 5 heteroatoms. The normalized spacial score (nSPS) is 11.4. The Hall–Kier alpha value is -1.13. The highest BCUT2D eigenvalue weighted by Gasteiger charge is 2.04. The van der Waals surface area contributed by atoms with Crippen molar-refractivity contribution in [2.75, 3.05) is 12.0 Å². The Morgan fingerprint density at radius 1 is 1.47 bits per heavy atom. The third kappa shape index (κ3) is 4.27. The summed E-state index contributed by atoms with van der Waals surface area (Å²) in [5, 5.41) is 2.62. The molecule has 0 saturated heterocycles. The van der Waals surface area contributed by atoms with Crippen LogP contribution >= 0.6 is 12.4 Å². The van der Waals surface area contributed by atoms with Gasteiger partial charge in [-0.05, 0) is 17.7 Å². The van der Waals surface area contributed by atoms with Crippen molar-refractivity contribution in [3.05, 3.63) is 29.8 Å². The van der Waals surface area contributed by atoms with Crippen molar-refractivity contribution in [3.63, 3.8) is 0 Å². The number of carbonyl (C=O) groups excluding carboxylic acids is 1. The summed E-state index contributed by atoms with van der Waals surface area (Å²) in [5.74, 6) is -0.132. The minimum Gasteiger partial charge on any atom is -0.326 e. The summed E-state index contributed by atoms with van der Waals surface area (Å²) in [7, 11) is 0. The second-order valence-corrected chi connectivity index (χ2v) is 3.06. The second kappa shape index (κ2) is 6.37. The standard InChI is InChI=1S/C10H13FN2O.ClH/c1-7(14)13-9-4-2-8(3-5-9)10(12)6-11;/h2-5,10H,6,12H2,1H3,(H,13,14);1H/t10-;/m1./s1. The highest BCUT2D eigenvalue weighted by molar-refractivity contribution is 5.88. The van der Waals surface area contributed by atoms with Crippen molar-refractivity contribution in [1.29, 1.82) is 0 Å². The van der Waals surface area contributed by atoms with E-state index < -0.39 is 12.7 Å². The van der Waals surface area contributed by atoms with Crippen LogP contribution in [0.25, 0.3) is 0 Å². The molecule has 0 bridgehead atoms. The van der Waals surface area contributed by atoms with Gasteiger partial charge in [0.1, 0.15) is 6.67 Å². The monoisotopic (exact) mass is 232 g/mol. The third-order valence-corrected chi connectivity index (χ3v) is 1.83. The Morgan fingerprint density at radius 2 is 2.00 bits per heavy atom. The maximum Gasteiger partial charge on any atom is 0.221 e. The SMILES string of the molecule is CC(=O)Nc1ccc([C@H](N)CF)cc1.Cl. The Morgan fingerprint density at radius 3 is 2.40 bits per heavy atom. The van der Waals surface area contributed by atoms with Gasteiger partial charge in [0.25, 0.3) is 0 Å². The molecule has 1 rings (SSSR count). The van der Waals surface area contributed by atoms with Crippen molar-refractivity contribution in [2.45, 2.75) is 13.0 Å². The van der Waals surface area contributed by atoms with E-state index in [-0.39, 0.29) is 18.3 Å². The number of nitrogens with two attached hydrogens (primary N) is 1. The number of rotatable bonds is 3. The zero-order valence-electron chi connectivity index (χ0n) is 8.37. The Balaban J connectivity index is 0.00000196. The van der Waals surface area contributed by atoms with Crippen LogP contribution < -0.4 is 11.1 Å². The first-order chi connectivity index (χ1) is 6.63. The van der Waals surface area contributed by atoms with E-state index in [4.69, 9.17) is 5.73 Å². The molecule has 0 unspecified atom stereocenters. The molecular formula is C10H14ClFN2O. The van der Waals surface area contributed by atoms with Gasteiger partial charge >= 0.3 is 0 Å². The molecule has 0 saturated carbocycles. The topological polar surface area (TPSA) is 55.1 Å². The van der Waals surface area contributed by atoms with E-state index >= 15 is 0 Å². The number of benzene rings is 1. The molecule has 0 radical (unpaired) electrons. The molecule has 1 amide bonds. The fourth-order valence-corrected chi connectivity index (χ4v) is 1.11. The average molecular weight is 233 g/mol. The highest BCUT2D eigenvalue weighted by Crippen LogP contribution is 2.14. The summed E-state index contributed by atoms with van der Waals surface area (Å²) in [4.78, 5) is 10.7. The minimum atomic E-state index is -0.584. The van der Waals surface area contributed by atoms with Gasteiger partial charge < -0.3 is 11.1 Å². The first-order valence-corrected chi connectivity index (χ1v) is 4.32. The van der Waals surface area contributed by atoms with E-state index in [2.05, 4.69) is 5.32 Å². The maximum atomic E-state index is 12.2. The Bertz CT molecular complexity index is 316. The van der Waals surface area contributed by atoms with E-state index in [9.17, 15) is 9.18 Å². The van der Waals surface area contributed by atoms with E-state index in [1.165, 1.54) is 6.92 Å². The summed E-state index contributed by atoms with van der Waals surface area (Å²) in [6.07, 6.45) is 0. The lowest BCUT2D eigenvalue weighted by molar-refractivity contribution is -0.114. The smallest absolute Gasteiger partial charge is 0.221 e. The van der Waals surface area contributed by atoms with Crippen LogP contribution in [0.3, 0.4) is 0 Å². The molecule has 1 aromatic rings. The molecule has 15 heavy (non-hydrogen) atoms. The van der Waals surface area contributed by atoms with Crippen molar-refractivity contribution < 1.29 is 9.18 Å². The number of carbonyl (C=O) groups is 1. The zero-order chi connectivity index (χ0) is 10.6. The predicted molar refractivity (Wildman–Crippen MR) is 60.9 cm³/mol. The lowest BCUT2D eigenvalue weighted by Crippen LogP contribution is -2.12. The molecule has 1 atom stereocenters. The fourth-order valence-electron chi connectivity index (χ4n) is 1.11. The van der Waals surface area contributed by atoms with Crippen LogP contribution in [-0.2, 0) is 4.79 Å². The Kier molecular flexibility index (Phi) is 5.89. The quantitative estimate of drug-likeness (QED) is 0.838. The van der Waals surface area contributed by atoms with Gasteiger partial charge in [0.05, 0.1) is 6.04 Å². The minimum absolute atomic E-state index is 0. The van der Waals surface area contributed by atoms with Gasteiger partial charge in [-0.2, -0.15) is 0 Å². The molecule has 0 aliphatic rings.